The zero-order valence-corrected chi connectivity index (χ0v) is 13.9. The largest absolute Gasteiger partial charge is 0.325 e. The summed E-state index contributed by atoms with van der Waals surface area (Å²) in [5, 5.41) is 3.79. The first-order chi connectivity index (χ1) is 11.7. The molecule has 0 saturated carbocycles. The molecule has 0 aliphatic rings. The molecule has 0 aliphatic heterocycles. The minimum absolute atomic E-state index is 0.137. The summed E-state index contributed by atoms with van der Waals surface area (Å²) in [6.07, 6.45) is 1.60. The number of aromatic nitrogens is 3. The Bertz CT molecular complexity index is 925. The Kier molecular flexibility index (Phi) is 4.90. The Morgan fingerprint density at radius 1 is 1.21 bits per heavy atom. The molecular formula is C17H16N4O2S. The van der Waals surface area contributed by atoms with Crippen molar-refractivity contribution < 1.29 is 4.79 Å². The molecule has 24 heavy (non-hydrogen) atoms. The Hall–Kier alpha value is -2.67. The van der Waals surface area contributed by atoms with Crippen LogP contribution in [-0.4, -0.2) is 26.2 Å². The van der Waals surface area contributed by atoms with Gasteiger partial charge >= 0.3 is 0 Å². The van der Waals surface area contributed by atoms with Crippen LogP contribution in [-0.2, 0) is 11.3 Å². The minimum atomic E-state index is -0.149. The van der Waals surface area contributed by atoms with Crippen molar-refractivity contribution in [3.63, 3.8) is 0 Å². The first-order valence-corrected chi connectivity index (χ1v) is 8.51. The number of para-hydroxylation sites is 1. The molecule has 0 unspecified atom stereocenters. The third kappa shape index (κ3) is 3.46. The van der Waals surface area contributed by atoms with Crippen LogP contribution in [0.15, 0.2) is 58.6 Å². The van der Waals surface area contributed by atoms with Crippen molar-refractivity contribution >= 4 is 34.4 Å². The van der Waals surface area contributed by atoms with E-state index in [2.05, 4.69) is 15.3 Å². The van der Waals surface area contributed by atoms with E-state index in [9.17, 15) is 9.59 Å². The number of amides is 1. The van der Waals surface area contributed by atoms with Crippen LogP contribution in [0.2, 0.25) is 0 Å². The third-order valence-electron chi connectivity index (χ3n) is 3.40. The van der Waals surface area contributed by atoms with Gasteiger partial charge in [0, 0.05) is 18.4 Å². The fraction of sp³-hybridized carbons (Fsp3) is 0.176. The second-order valence-corrected chi connectivity index (χ2v) is 5.96. The van der Waals surface area contributed by atoms with Crippen LogP contribution in [0.4, 0.5) is 5.69 Å². The van der Waals surface area contributed by atoms with Crippen molar-refractivity contribution in [2.75, 3.05) is 11.1 Å². The van der Waals surface area contributed by atoms with Gasteiger partial charge in [-0.25, -0.2) is 9.97 Å². The maximum Gasteiger partial charge on any atom is 0.263 e. The molecule has 1 N–H and O–H groups in total. The molecule has 0 atom stereocenters. The molecule has 1 aromatic carbocycles. The molecule has 0 bridgehead atoms. The van der Waals surface area contributed by atoms with E-state index in [0.29, 0.717) is 22.7 Å². The van der Waals surface area contributed by atoms with E-state index in [1.807, 2.05) is 37.3 Å². The van der Waals surface area contributed by atoms with Gasteiger partial charge in [-0.15, -0.1) is 0 Å². The Morgan fingerprint density at radius 2 is 2.00 bits per heavy atom. The van der Waals surface area contributed by atoms with Crippen molar-refractivity contribution in [1.29, 1.82) is 0 Å². The van der Waals surface area contributed by atoms with E-state index in [4.69, 9.17) is 0 Å². The van der Waals surface area contributed by atoms with Gasteiger partial charge in [-0.3, -0.25) is 14.2 Å². The molecule has 2 aromatic heterocycles. The number of hydrogen-bond donors (Lipinski definition) is 1. The molecule has 3 aromatic rings. The second-order valence-electron chi connectivity index (χ2n) is 5.02. The van der Waals surface area contributed by atoms with Crippen LogP contribution in [0, 0.1) is 0 Å². The summed E-state index contributed by atoms with van der Waals surface area (Å²) in [5.41, 5.74) is 1.00. The summed E-state index contributed by atoms with van der Waals surface area (Å²) >= 11 is 1.23. The van der Waals surface area contributed by atoms with Gasteiger partial charge in [0.15, 0.2) is 10.8 Å². The van der Waals surface area contributed by atoms with Crippen molar-refractivity contribution in [2.45, 2.75) is 18.6 Å². The summed E-state index contributed by atoms with van der Waals surface area (Å²) < 4.78 is 1.56. The van der Waals surface area contributed by atoms with Crippen LogP contribution >= 0.6 is 11.8 Å². The van der Waals surface area contributed by atoms with Crippen LogP contribution < -0.4 is 10.9 Å². The van der Waals surface area contributed by atoms with E-state index < -0.39 is 0 Å². The normalized spacial score (nSPS) is 10.7. The summed E-state index contributed by atoms with van der Waals surface area (Å²) in [5.74, 6) is 0.0175. The number of carbonyl (C=O) groups excluding carboxylic acids is 1. The van der Waals surface area contributed by atoms with Gasteiger partial charge in [0.1, 0.15) is 0 Å². The maximum atomic E-state index is 12.5. The Morgan fingerprint density at radius 3 is 2.75 bits per heavy atom. The molecule has 3 rings (SSSR count). The van der Waals surface area contributed by atoms with Crippen molar-refractivity contribution in [3.8, 4) is 0 Å². The van der Waals surface area contributed by atoms with Gasteiger partial charge in [0.2, 0.25) is 5.91 Å². The SMILES string of the molecule is CCn1c(SCC(=O)Nc2ccccc2)nc2ncccc2c1=O. The molecule has 7 heteroatoms. The molecular weight excluding hydrogens is 324 g/mol. The lowest BCUT2D eigenvalue weighted by molar-refractivity contribution is -0.113. The average molecular weight is 340 g/mol. The summed E-state index contributed by atoms with van der Waals surface area (Å²) in [4.78, 5) is 33.1. The number of benzene rings is 1. The maximum absolute atomic E-state index is 12.5. The van der Waals surface area contributed by atoms with Crippen LogP contribution in [0.1, 0.15) is 6.92 Å². The molecule has 0 aliphatic carbocycles. The van der Waals surface area contributed by atoms with Gasteiger partial charge < -0.3 is 5.32 Å². The fourth-order valence-electron chi connectivity index (χ4n) is 2.27. The minimum Gasteiger partial charge on any atom is -0.325 e. The lowest BCUT2D eigenvalue weighted by atomic mass is 10.3. The predicted octanol–water partition coefficient (Wildman–Crippen LogP) is 2.54. The smallest absolute Gasteiger partial charge is 0.263 e. The Balaban J connectivity index is 1.79. The quantitative estimate of drug-likeness (QED) is 0.570. The van der Waals surface area contributed by atoms with E-state index in [0.717, 1.165) is 5.69 Å². The standard InChI is InChI=1S/C17H16N4O2S/c1-2-21-16(23)13-9-6-10-18-15(13)20-17(21)24-11-14(22)19-12-7-4-3-5-8-12/h3-10H,2,11H2,1H3,(H,19,22). The molecule has 122 valence electrons. The van der Waals surface area contributed by atoms with E-state index in [-0.39, 0.29) is 17.2 Å². The summed E-state index contributed by atoms with van der Waals surface area (Å²) in [6.45, 7) is 2.36. The van der Waals surface area contributed by atoms with E-state index in [1.54, 1.807) is 22.9 Å². The van der Waals surface area contributed by atoms with Gasteiger partial charge in [0.05, 0.1) is 11.1 Å². The summed E-state index contributed by atoms with van der Waals surface area (Å²) in [7, 11) is 0. The number of carbonyl (C=O) groups is 1. The number of anilines is 1. The van der Waals surface area contributed by atoms with Gasteiger partial charge in [-0.1, -0.05) is 30.0 Å². The van der Waals surface area contributed by atoms with E-state index >= 15 is 0 Å². The average Bonchev–Trinajstić information content (AvgIpc) is 2.61. The molecule has 0 radical (unpaired) electrons. The van der Waals surface area contributed by atoms with Crippen molar-refractivity contribution in [2.24, 2.45) is 0 Å². The van der Waals surface area contributed by atoms with E-state index in [1.165, 1.54) is 11.8 Å². The lowest BCUT2D eigenvalue weighted by Gasteiger charge is -2.10. The highest BCUT2D eigenvalue weighted by molar-refractivity contribution is 7.99. The first-order valence-electron chi connectivity index (χ1n) is 7.52. The third-order valence-corrected chi connectivity index (χ3v) is 4.38. The highest BCUT2D eigenvalue weighted by atomic mass is 32.2. The molecule has 1 amide bonds. The fourth-order valence-corrected chi connectivity index (χ4v) is 3.13. The molecule has 0 fully saturated rings. The number of fused-ring (bicyclic) bond motifs is 1. The number of nitrogens with one attached hydrogen (secondary N) is 1. The lowest BCUT2D eigenvalue weighted by Crippen LogP contribution is -2.23. The van der Waals surface area contributed by atoms with Gasteiger partial charge in [-0.2, -0.15) is 0 Å². The van der Waals surface area contributed by atoms with Crippen LogP contribution in [0.5, 0.6) is 0 Å². The number of rotatable bonds is 5. The zero-order valence-electron chi connectivity index (χ0n) is 13.1. The van der Waals surface area contributed by atoms with Crippen LogP contribution in [0.25, 0.3) is 11.0 Å². The first kappa shape index (κ1) is 16.2. The molecule has 6 nitrogen and oxygen atoms in total. The number of pyridine rings is 1. The highest BCUT2D eigenvalue weighted by Crippen LogP contribution is 2.17. The molecule has 0 spiro atoms. The topological polar surface area (TPSA) is 76.9 Å². The number of nitrogens with zero attached hydrogens (tertiary/aromatic N) is 3. The highest BCUT2D eigenvalue weighted by Gasteiger charge is 2.12. The second kappa shape index (κ2) is 7.27. The van der Waals surface area contributed by atoms with Crippen LogP contribution in [0.3, 0.4) is 0 Å². The number of hydrogen-bond acceptors (Lipinski definition) is 5. The summed E-state index contributed by atoms with van der Waals surface area (Å²) in [6, 6.07) is 12.7. The van der Waals surface area contributed by atoms with Gasteiger partial charge in [0.25, 0.3) is 5.56 Å². The monoisotopic (exact) mass is 340 g/mol. The predicted molar refractivity (Wildman–Crippen MR) is 95.3 cm³/mol. The zero-order chi connectivity index (χ0) is 16.9. The van der Waals surface area contributed by atoms with Crippen molar-refractivity contribution in [3.05, 3.63) is 59.0 Å². The van der Waals surface area contributed by atoms with Gasteiger partial charge in [-0.05, 0) is 31.2 Å². The molecule has 0 saturated heterocycles. The Labute approximate surface area is 142 Å². The van der Waals surface area contributed by atoms with Crippen molar-refractivity contribution in [1.82, 2.24) is 14.5 Å². The number of thioether (sulfide) groups is 1. The molecule has 2 heterocycles.